The van der Waals surface area contributed by atoms with Crippen molar-refractivity contribution in [2.24, 2.45) is 0 Å². The molecular formula is C19H23ClN2O. The van der Waals surface area contributed by atoms with Crippen LogP contribution < -0.4 is 4.74 Å². The third kappa shape index (κ3) is 3.78. The fourth-order valence-corrected chi connectivity index (χ4v) is 3.33. The summed E-state index contributed by atoms with van der Waals surface area (Å²) in [6.07, 6.45) is 11.8. The van der Waals surface area contributed by atoms with Crippen LogP contribution in [0, 0.1) is 0 Å². The summed E-state index contributed by atoms with van der Waals surface area (Å²) in [6, 6.07) is 5.87. The molecule has 1 aliphatic carbocycles. The highest BCUT2D eigenvalue weighted by Crippen LogP contribution is 2.37. The van der Waals surface area contributed by atoms with Gasteiger partial charge in [-0.1, -0.05) is 18.0 Å². The number of hydrogen-bond acceptors (Lipinski definition) is 2. The summed E-state index contributed by atoms with van der Waals surface area (Å²) in [5, 5.41) is 0.727. The first-order valence-corrected chi connectivity index (χ1v) is 8.70. The van der Waals surface area contributed by atoms with Crippen molar-refractivity contribution >= 4 is 17.3 Å². The summed E-state index contributed by atoms with van der Waals surface area (Å²) in [7, 11) is 0. The smallest absolute Gasteiger partial charge is 0.129 e. The molecule has 1 aromatic heterocycles. The molecule has 0 N–H and O–H groups in total. The lowest BCUT2D eigenvalue weighted by atomic mass is 9.91. The Hall–Kier alpha value is -1.74. The van der Waals surface area contributed by atoms with Crippen molar-refractivity contribution in [1.29, 1.82) is 0 Å². The number of ether oxygens (including phenoxy) is 1. The van der Waals surface area contributed by atoms with Crippen molar-refractivity contribution in [3.05, 3.63) is 53.1 Å². The fraction of sp³-hybridized carbons (Fsp3) is 0.421. The normalized spacial score (nSPS) is 15.0. The molecule has 23 heavy (non-hydrogen) atoms. The number of allylic oxidation sites excluding steroid dienone is 1. The standard InChI is InChI=1S/C19H23ClN2O/c1-14(2)23-18-9-8-16(20)12-17(18)19(22-11-10-21-13-22)15-6-4-3-5-7-15/h8-14H,3-7H2,1-2H3. The Morgan fingerprint density at radius 1 is 1.22 bits per heavy atom. The number of halogens is 1. The average molecular weight is 331 g/mol. The first-order valence-electron chi connectivity index (χ1n) is 8.32. The summed E-state index contributed by atoms with van der Waals surface area (Å²) in [5.74, 6) is 0.881. The first-order chi connectivity index (χ1) is 11.1. The van der Waals surface area contributed by atoms with Crippen LogP contribution in [0.25, 0.3) is 5.70 Å². The van der Waals surface area contributed by atoms with Gasteiger partial charge >= 0.3 is 0 Å². The van der Waals surface area contributed by atoms with Gasteiger partial charge in [0.2, 0.25) is 0 Å². The highest BCUT2D eigenvalue weighted by molar-refractivity contribution is 6.30. The Labute approximate surface area is 142 Å². The molecule has 0 radical (unpaired) electrons. The SMILES string of the molecule is CC(C)Oc1ccc(Cl)cc1C(=C1CCCCC1)n1ccnc1. The van der Waals surface area contributed by atoms with Crippen LogP contribution in [0.1, 0.15) is 51.5 Å². The van der Waals surface area contributed by atoms with E-state index in [1.54, 1.807) is 0 Å². The van der Waals surface area contributed by atoms with Gasteiger partial charge in [0.15, 0.2) is 0 Å². The molecule has 1 fully saturated rings. The highest BCUT2D eigenvalue weighted by atomic mass is 35.5. The zero-order valence-corrected chi connectivity index (χ0v) is 14.5. The molecule has 0 bridgehead atoms. The van der Waals surface area contributed by atoms with Crippen molar-refractivity contribution in [2.45, 2.75) is 52.1 Å². The van der Waals surface area contributed by atoms with Gasteiger partial charge in [0.05, 0.1) is 18.1 Å². The third-order valence-electron chi connectivity index (χ3n) is 4.11. The van der Waals surface area contributed by atoms with Crippen LogP contribution in [-0.4, -0.2) is 15.7 Å². The summed E-state index contributed by atoms with van der Waals surface area (Å²) < 4.78 is 8.14. The second kappa shape index (κ2) is 7.22. The second-order valence-electron chi connectivity index (χ2n) is 6.29. The largest absolute Gasteiger partial charge is 0.490 e. The summed E-state index contributed by atoms with van der Waals surface area (Å²) in [6.45, 7) is 4.09. The predicted molar refractivity (Wildman–Crippen MR) is 94.8 cm³/mol. The predicted octanol–water partition coefficient (Wildman–Crippen LogP) is 5.55. The van der Waals surface area contributed by atoms with Gasteiger partial charge in [0.1, 0.15) is 5.75 Å². The Bertz CT molecular complexity index is 681. The molecule has 1 heterocycles. The molecule has 0 saturated heterocycles. The molecule has 1 aliphatic rings. The molecule has 3 rings (SSSR count). The quantitative estimate of drug-likeness (QED) is 0.735. The Morgan fingerprint density at radius 2 is 2.00 bits per heavy atom. The van der Waals surface area contributed by atoms with Gasteiger partial charge in [0, 0.05) is 23.0 Å². The lowest BCUT2D eigenvalue weighted by Crippen LogP contribution is -2.10. The Morgan fingerprint density at radius 3 is 2.65 bits per heavy atom. The van der Waals surface area contributed by atoms with Crippen LogP contribution in [0.2, 0.25) is 5.02 Å². The fourth-order valence-electron chi connectivity index (χ4n) is 3.16. The topological polar surface area (TPSA) is 27.1 Å². The van der Waals surface area contributed by atoms with Gasteiger partial charge in [-0.3, -0.25) is 0 Å². The van der Waals surface area contributed by atoms with E-state index in [0.717, 1.165) is 29.2 Å². The zero-order chi connectivity index (χ0) is 16.2. The van der Waals surface area contributed by atoms with Crippen LogP contribution in [0.4, 0.5) is 0 Å². The molecule has 0 amide bonds. The van der Waals surface area contributed by atoms with Crippen molar-refractivity contribution in [1.82, 2.24) is 9.55 Å². The van der Waals surface area contributed by atoms with Gasteiger partial charge < -0.3 is 9.30 Å². The first kappa shape index (κ1) is 16.1. The lowest BCUT2D eigenvalue weighted by Gasteiger charge is -2.23. The van der Waals surface area contributed by atoms with E-state index in [1.165, 1.54) is 30.5 Å². The molecule has 0 atom stereocenters. The minimum Gasteiger partial charge on any atom is -0.490 e. The summed E-state index contributed by atoms with van der Waals surface area (Å²) >= 11 is 6.29. The van der Waals surface area contributed by atoms with Gasteiger partial charge in [0.25, 0.3) is 0 Å². The Balaban J connectivity index is 2.15. The number of nitrogens with zero attached hydrogens (tertiary/aromatic N) is 2. The van der Waals surface area contributed by atoms with Crippen molar-refractivity contribution in [2.75, 3.05) is 0 Å². The van der Waals surface area contributed by atoms with Crippen molar-refractivity contribution in [3.63, 3.8) is 0 Å². The maximum atomic E-state index is 6.29. The second-order valence-corrected chi connectivity index (χ2v) is 6.73. The van der Waals surface area contributed by atoms with E-state index in [4.69, 9.17) is 16.3 Å². The zero-order valence-electron chi connectivity index (χ0n) is 13.8. The monoisotopic (exact) mass is 330 g/mol. The number of hydrogen-bond donors (Lipinski definition) is 0. The summed E-state index contributed by atoms with van der Waals surface area (Å²) in [4.78, 5) is 4.23. The van der Waals surface area contributed by atoms with Crippen LogP contribution >= 0.6 is 11.6 Å². The van der Waals surface area contributed by atoms with Crippen LogP contribution in [-0.2, 0) is 0 Å². The number of aromatic nitrogens is 2. The van der Waals surface area contributed by atoms with E-state index >= 15 is 0 Å². The Kier molecular flexibility index (Phi) is 5.06. The van der Waals surface area contributed by atoms with Crippen LogP contribution in [0.5, 0.6) is 5.75 Å². The van der Waals surface area contributed by atoms with Gasteiger partial charge in [-0.2, -0.15) is 0 Å². The van der Waals surface area contributed by atoms with E-state index < -0.39 is 0 Å². The summed E-state index contributed by atoms with van der Waals surface area (Å²) in [5.41, 5.74) is 3.70. The molecule has 1 saturated carbocycles. The van der Waals surface area contributed by atoms with E-state index in [0.29, 0.717) is 0 Å². The van der Waals surface area contributed by atoms with Gasteiger partial charge in [-0.25, -0.2) is 4.98 Å². The van der Waals surface area contributed by atoms with Crippen LogP contribution in [0.3, 0.4) is 0 Å². The minimum atomic E-state index is 0.121. The maximum absolute atomic E-state index is 6.29. The van der Waals surface area contributed by atoms with Gasteiger partial charge in [-0.05, 0) is 63.3 Å². The molecular weight excluding hydrogens is 308 g/mol. The van der Waals surface area contributed by atoms with Gasteiger partial charge in [-0.15, -0.1) is 0 Å². The number of benzene rings is 1. The molecule has 4 heteroatoms. The number of imidazole rings is 1. The molecule has 0 unspecified atom stereocenters. The average Bonchev–Trinajstić information content (AvgIpc) is 3.05. The molecule has 122 valence electrons. The van der Waals surface area contributed by atoms with E-state index in [-0.39, 0.29) is 6.10 Å². The molecule has 1 aromatic carbocycles. The highest BCUT2D eigenvalue weighted by Gasteiger charge is 2.19. The number of rotatable bonds is 4. The molecule has 3 nitrogen and oxygen atoms in total. The van der Waals surface area contributed by atoms with Crippen molar-refractivity contribution < 1.29 is 4.74 Å². The van der Waals surface area contributed by atoms with E-state index in [2.05, 4.69) is 9.55 Å². The third-order valence-corrected chi connectivity index (χ3v) is 4.35. The maximum Gasteiger partial charge on any atom is 0.129 e. The molecule has 0 aliphatic heterocycles. The molecule has 0 spiro atoms. The van der Waals surface area contributed by atoms with Crippen molar-refractivity contribution in [3.8, 4) is 5.75 Å². The molecule has 2 aromatic rings. The lowest BCUT2D eigenvalue weighted by molar-refractivity contribution is 0.241. The van der Waals surface area contributed by atoms with E-state index in [9.17, 15) is 0 Å². The minimum absolute atomic E-state index is 0.121. The van der Waals surface area contributed by atoms with Crippen LogP contribution in [0.15, 0.2) is 42.5 Å². The van der Waals surface area contributed by atoms with E-state index in [1.807, 2.05) is 50.8 Å².